The molecule has 4 rings (SSSR count). The predicted molar refractivity (Wildman–Crippen MR) is 187 cm³/mol. The lowest BCUT2D eigenvalue weighted by Gasteiger charge is -2.20. The molecule has 13 heteroatoms. The van der Waals surface area contributed by atoms with E-state index in [0.29, 0.717) is 22.2 Å². The van der Waals surface area contributed by atoms with Crippen molar-refractivity contribution < 1.29 is 40.1 Å². The number of hydrogen-bond acceptors (Lipinski definition) is 4. The van der Waals surface area contributed by atoms with Crippen molar-refractivity contribution in [3.05, 3.63) is 130 Å². The van der Waals surface area contributed by atoms with Crippen LogP contribution in [0.25, 0.3) is 17.2 Å². The van der Waals surface area contributed by atoms with Crippen molar-refractivity contribution in [2.24, 2.45) is 5.41 Å². The third-order valence-electron chi connectivity index (χ3n) is 7.56. The first-order valence-corrected chi connectivity index (χ1v) is 17.4. The highest BCUT2D eigenvalue weighted by Crippen LogP contribution is 2.40. The summed E-state index contributed by atoms with van der Waals surface area (Å²) in [6.45, 7) is 5.81. The van der Waals surface area contributed by atoms with Gasteiger partial charge in [-0.15, -0.1) is 0 Å². The van der Waals surface area contributed by atoms with E-state index in [-0.39, 0.29) is 29.5 Å². The van der Waals surface area contributed by atoms with Gasteiger partial charge < -0.3 is 10.6 Å². The molecule has 4 aromatic rings. The number of allylic oxidation sites excluding steroid dienone is 1. The van der Waals surface area contributed by atoms with Gasteiger partial charge in [-0.1, -0.05) is 93.1 Å². The Bertz CT molecular complexity index is 1970. The fourth-order valence-electron chi connectivity index (χ4n) is 4.96. The lowest BCUT2D eigenvalue weighted by atomic mass is 9.89. The van der Waals surface area contributed by atoms with E-state index < -0.39 is 62.4 Å². The molecule has 4 aromatic carbocycles. The lowest BCUT2D eigenvalue weighted by molar-refractivity contribution is -0.137. The average Bonchev–Trinajstić information content (AvgIpc) is 3.03. The maximum Gasteiger partial charge on any atom is 0.417 e. The van der Waals surface area contributed by atoms with Crippen molar-refractivity contribution in [1.82, 2.24) is 5.32 Å². The second-order valence-electron chi connectivity index (χ2n) is 12.7. The highest BCUT2D eigenvalue weighted by Gasteiger charge is 2.35. The van der Waals surface area contributed by atoms with Gasteiger partial charge in [0.15, 0.2) is 0 Å². The summed E-state index contributed by atoms with van der Waals surface area (Å²) in [5.74, 6) is -4.07. The van der Waals surface area contributed by atoms with Crippen LogP contribution in [0.3, 0.4) is 0 Å². The summed E-state index contributed by atoms with van der Waals surface area (Å²) >= 11 is 5.89. The zero-order chi connectivity index (χ0) is 36.9. The van der Waals surface area contributed by atoms with Crippen LogP contribution in [0, 0.1) is 11.2 Å². The molecule has 0 saturated carbocycles. The first kappa shape index (κ1) is 38.3. The minimum absolute atomic E-state index is 0.0320. The summed E-state index contributed by atoms with van der Waals surface area (Å²) < 4.78 is 88.9. The van der Waals surface area contributed by atoms with Crippen molar-refractivity contribution in [1.29, 1.82) is 0 Å². The minimum atomic E-state index is -4.88. The Labute approximate surface area is 293 Å². The molecule has 0 aliphatic carbocycles. The topological polar surface area (TPSA) is 113 Å². The number of rotatable bonds is 11. The number of halogens is 5. The maximum absolute atomic E-state index is 15.4. The summed E-state index contributed by atoms with van der Waals surface area (Å²) in [4.78, 5) is 26.2. The van der Waals surface area contributed by atoms with Gasteiger partial charge in [-0.2, -0.15) is 21.6 Å². The fraction of sp³-hybridized carbons (Fsp3) is 0.243. The van der Waals surface area contributed by atoms with Crippen LogP contribution < -0.4 is 10.6 Å². The van der Waals surface area contributed by atoms with Crippen LogP contribution in [-0.4, -0.2) is 37.1 Å². The summed E-state index contributed by atoms with van der Waals surface area (Å²) in [7, 11) is -4.26. The van der Waals surface area contributed by atoms with Crippen molar-refractivity contribution in [3.8, 4) is 11.1 Å². The minimum Gasteiger partial charge on any atom is -0.351 e. The van der Waals surface area contributed by atoms with Crippen LogP contribution in [0.5, 0.6) is 0 Å². The Morgan fingerprint density at radius 1 is 0.920 bits per heavy atom. The van der Waals surface area contributed by atoms with Crippen molar-refractivity contribution in [2.45, 2.75) is 39.3 Å². The number of nitrogens with one attached hydrogen (secondary N) is 2. The molecule has 0 saturated heterocycles. The molecule has 7 nitrogen and oxygen atoms in total. The quantitative estimate of drug-likeness (QED) is 0.106. The van der Waals surface area contributed by atoms with E-state index in [1.807, 2.05) is 32.9 Å². The van der Waals surface area contributed by atoms with Gasteiger partial charge in [0.1, 0.15) is 5.82 Å². The Kier molecular flexibility index (Phi) is 11.9. The van der Waals surface area contributed by atoms with E-state index in [2.05, 4.69) is 10.6 Å². The standard InChI is InChI=1S/C37H35ClF4N2O5S/c1-36(2,3)17-16-23-4-8-26(9-5-23)30(20-24-6-10-27(11-7-24)34(45)43-18-19-50(47,48)49)35(46)44-33-22-31(37(40,41)42)29(21-32(33)39)25-12-14-28(38)15-13-25/h4-17,21-22,30H,18-20H2,1-3H3,(H,43,45)(H,44,46)(H,47,48,49)/b17-16+. The van der Waals surface area contributed by atoms with Gasteiger partial charge in [0.2, 0.25) is 5.91 Å². The number of carbonyl (C=O) groups excluding carboxylic acids is 2. The summed E-state index contributed by atoms with van der Waals surface area (Å²) in [5.41, 5.74) is -0.0747. The van der Waals surface area contributed by atoms with E-state index >= 15 is 4.39 Å². The number of hydrogen-bond donors (Lipinski definition) is 3. The summed E-state index contributed by atoms with van der Waals surface area (Å²) in [6.07, 6.45) is -0.904. The SMILES string of the molecule is CC(C)(C)/C=C/c1ccc(C(Cc2ccc(C(=O)NCCS(=O)(=O)O)cc2)C(=O)Nc2cc(C(F)(F)F)c(-c3ccc(Cl)cc3)cc2F)cc1. The Balaban J connectivity index is 1.65. The zero-order valence-corrected chi connectivity index (χ0v) is 28.9. The zero-order valence-electron chi connectivity index (χ0n) is 27.3. The highest BCUT2D eigenvalue weighted by atomic mass is 35.5. The maximum atomic E-state index is 15.4. The third-order valence-corrected chi connectivity index (χ3v) is 8.53. The summed E-state index contributed by atoms with van der Waals surface area (Å²) in [5, 5.41) is 5.05. The Morgan fingerprint density at radius 3 is 2.10 bits per heavy atom. The van der Waals surface area contributed by atoms with E-state index in [0.717, 1.165) is 11.6 Å². The molecule has 1 unspecified atom stereocenters. The van der Waals surface area contributed by atoms with Crippen molar-refractivity contribution >= 4 is 45.3 Å². The molecule has 0 bridgehead atoms. The molecule has 0 spiro atoms. The second-order valence-corrected chi connectivity index (χ2v) is 14.7. The molecule has 2 amide bonds. The number of alkyl halides is 3. The lowest BCUT2D eigenvalue weighted by Crippen LogP contribution is -2.28. The van der Waals surface area contributed by atoms with Gasteiger partial charge in [0.25, 0.3) is 16.0 Å². The monoisotopic (exact) mass is 730 g/mol. The molecule has 50 heavy (non-hydrogen) atoms. The van der Waals surface area contributed by atoms with Crippen LogP contribution in [0.15, 0.2) is 91.0 Å². The van der Waals surface area contributed by atoms with E-state index in [4.69, 9.17) is 16.2 Å². The molecule has 1 atom stereocenters. The van der Waals surface area contributed by atoms with Crippen LogP contribution in [-0.2, 0) is 27.5 Å². The molecule has 0 radical (unpaired) electrons. The third kappa shape index (κ3) is 11.0. The smallest absolute Gasteiger partial charge is 0.351 e. The van der Waals surface area contributed by atoms with Crippen LogP contribution in [0.1, 0.15) is 59.3 Å². The largest absolute Gasteiger partial charge is 0.417 e. The van der Waals surface area contributed by atoms with E-state index in [1.165, 1.54) is 36.4 Å². The molecular formula is C37H35ClF4N2O5S. The van der Waals surface area contributed by atoms with Gasteiger partial charge in [0, 0.05) is 17.1 Å². The first-order valence-electron chi connectivity index (χ1n) is 15.4. The molecule has 0 aliphatic rings. The number of carbonyl (C=O) groups is 2. The van der Waals surface area contributed by atoms with Gasteiger partial charge in [-0.05, 0) is 76.1 Å². The molecule has 0 fully saturated rings. The fourth-order valence-corrected chi connectivity index (χ4v) is 5.45. The molecule has 0 aliphatic heterocycles. The van der Waals surface area contributed by atoms with E-state index in [1.54, 1.807) is 36.4 Å². The van der Waals surface area contributed by atoms with Gasteiger partial charge >= 0.3 is 6.18 Å². The molecule has 0 aromatic heterocycles. The average molecular weight is 731 g/mol. The normalized spacial score (nSPS) is 12.9. The second kappa shape index (κ2) is 15.6. The van der Waals surface area contributed by atoms with Crippen LogP contribution >= 0.6 is 11.6 Å². The van der Waals surface area contributed by atoms with E-state index in [9.17, 15) is 31.2 Å². The number of amides is 2. The van der Waals surface area contributed by atoms with Gasteiger partial charge in [-0.3, -0.25) is 14.1 Å². The number of anilines is 1. The van der Waals surface area contributed by atoms with Gasteiger partial charge in [0.05, 0.1) is 22.9 Å². The predicted octanol–water partition coefficient (Wildman–Crippen LogP) is 8.81. The Hall–Kier alpha value is -4.52. The highest BCUT2D eigenvalue weighted by molar-refractivity contribution is 7.85. The first-order chi connectivity index (χ1) is 23.3. The number of benzene rings is 4. The van der Waals surface area contributed by atoms with Crippen LogP contribution in [0.4, 0.5) is 23.2 Å². The molecule has 0 heterocycles. The molecule has 264 valence electrons. The van der Waals surface area contributed by atoms with Crippen molar-refractivity contribution in [3.63, 3.8) is 0 Å². The molecular weight excluding hydrogens is 696 g/mol. The van der Waals surface area contributed by atoms with Crippen LogP contribution in [0.2, 0.25) is 5.02 Å². The van der Waals surface area contributed by atoms with Gasteiger partial charge in [-0.25, -0.2) is 4.39 Å². The molecule has 3 N–H and O–H groups in total. The Morgan fingerprint density at radius 2 is 1.54 bits per heavy atom. The van der Waals surface area contributed by atoms with Crippen molar-refractivity contribution in [2.75, 3.05) is 17.6 Å². The summed E-state index contributed by atoms with van der Waals surface area (Å²) in [6, 6.07) is 19.8.